The number of hydrogen-bond donors (Lipinski definition) is 0. The van der Waals surface area contributed by atoms with Gasteiger partial charge in [-0.2, -0.15) is 10.2 Å². The first kappa shape index (κ1) is 18.1. The highest BCUT2D eigenvalue weighted by Gasteiger charge is 2.28. The van der Waals surface area contributed by atoms with Gasteiger partial charge in [-0.3, -0.25) is 0 Å². The lowest BCUT2D eigenvalue weighted by Gasteiger charge is -2.34. The summed E-state index contributed by atoms with van der Waals surface area (Å²) in [6.45, 7) is 5.57. The standard InChI is InChI=1S/C21H21N3O4/c1-14-11-24(12-15(2)26-14)21-18(10-22)23-20(28-21)19-9-8-17(27-19)13-25-16-6-4-3-5-7-16/h3-9,14-15H,11-13H2,1-2H3/t14-,15-/m1/s1. The minimum Gasteiger partial charge on any atom is -0.486 e. The molecule has 0 N–H and O–H groups in total. The number of aromatic nitrogens is 1. The quantitative estimate of drug-likeness (QED) is 0.662. The van der Waals surface area contributed by atoms with Crippen LogP contribution >= 0.6 is 0 Å². The number of nitriles is 1. The van der Waals surface area contributed by atoms with Crippen LogP contribution in [0.25, 0.3) is 11.7 Å². The number of hydrogen-bond acceptors (Lipinski definition) is 7. The van der Waals surface area contributed by atoms with Crippen molar-refractivity contribution in [3.8, 4) is 23.5 Å². The van der Waals surface area contributed by atoms with E-state index in [0.29, 0.717) is 37.1 Å². The van der Waals surface area contributed by atoms with Gasteiger partial charge < -0.3 is 23.2 Å². The summed E-state index contributed by atoms with van der Waals surface area (Å²) >= 11 is 0. The second-order valence-corrected chi connectivity index (χ2v) is 6.81. The molecule has 1 saturated heterocycles. The molecule has 7 heteroatoms. The van der Waals surface area contributed by atoms with Crippen LogP contribution in [0.15, 0.2) is 51.3 Å². The molecule has 3 aromatic rings. The van der Waals surface area contributed by atoms with Gasteiger partial charge in [0.25, 0.3) is 5.89 Å². The highest BCUT2D eigenvalue weighted by molar-refractivity contribution is 5.56. The van der Waals surface area contributed by atoms with Crippen molar-refractivity contribution < 1.29 is 18.3 Å². The average molecular weight is 379 g/mol. The molecule has 0 amide bonds. The maximum absolute atomic E-state index is 9.48. The van der Waals surface area contributed by atoms with Crippen LogP contribution in [0, 0.1) is 11.3 Å². The summed E-state index contributed by atoms with van der Waals surface area (Å²) in [5.41, 5.74) is 0.245. The summed E-state index contributed by atoms with van der Waals surface area (Å²) in [5.74, 6) is 2.61. The third-order valence-corrected chi connectivity index (χ3v) is 4.42. The molecule has 7 nitrogen and oxygen atoms in total. The highest BCUT2D eigenvalue weighted by atomic mass is 16.5. The molecule has 0 spiro atoms. The molecule has 2 aromatic heterocycles. The minimum atomic E-state index is 0.0502. The topological polar surface area (TPSA) is 84.7 Å². The monoisotopic (exact) mass is 379 g/mol. The predicted molar refractivity (Wildman–Crippen MR) is 102 cm³/mol. The van der Waals surface area contributed by atoms with Crippen molar-refractivity contribution >= 4 is 5.88 Å². The molecule has 2 atom stereocenters. The molecular formula is C21H21N3O4. The van der Waals surface area contributed by atoms with E-state index in [4.69, 9.17) is 18.3 Å². The van der Waals surface area contributed by atoms with Crippen molar-refractivity contribution in [1.29, 1.82) is 5.26 Å². The third-order valence-electron chi connectivity index (χ3n) is 4.42. The summed E-state index contributed by atoms with van der Waals surface area (Å²) in [5, 5.41) is 9.48. The lowest BCUT2D eigenvalue weighted by Crippen LogP contribution is -2.45. The van der Waals surface area contributed by atoms with E-state index < -0.39 is 0 Å². The Morgan fingerprint density at radius 3 is 2.57 bits per heavy atom. The minimum absolute atomic E-state index is 0.0502. The van der Waals surface area contributed by atoms with E-state index >= 15 is 0 Å². The molecule has 1 aliphatic rings. The molecule has 28 heavy (non-hydrogen) atoms. The molecule has 144 valence electrons. The van der Waals surface area contributed by atoms with Gasteiger partial charge >= 0.3 is 0 Å². The zero-order chi connectivity index (χ0) is 19.5. The summed E-state index contributed by atoms with van der Waals surface area (Å²) < 4.78 is 23.1. The number of nitrogens with zero attached hydrogens (tertiary/aromatic N) is 3. The van der Waals surface area contributed by atoms with Crippen molar-refractivity contribution in [3.63, 3.8) is 0 Å². The number of para-hydroxylation sites is 1. The molecule has 0 unspecified atom stereocenters. The van der Waals surface area contributed by atoms with Crippen LogP contribution in [-0.4, -0.2) is 30.3 Å². The van der Waals surface area contributed by atoms with Gasteiger partial charge in [-0.1, -0.05) is 18.2 Å². The zero-order valence-electron chi connectivity index (χ0n) is 15.8. The fourth-order valence-electron chi connectivity index (χ4n) is 3.29. The second kappa shape index (κ2) is 7.79. The van der Waals surface area contributed by atoms with Crippen LogP contribution in [0.5, 0.6) is 5.75 Å². The summed E-state index contributed by atoms with van der Waals surface area (Å²) in [7, 11) is 0. The van der Waals surface area contributed by atoms with Crippen LogP contribution < -0.4 is 9.64 Å². The van der Waals surface area contributed by atoms with Crippen LogP contribution in [0.4, 0.5) is 5.88 Å². The first-order valence-electron chi connectivity index (χ1n) is 9.20. The molecular weight excluding hydrogens is 358 g/mol. The second-order valence-electron chi connectivity index (χ2n) is 6.81. The van der Waals surface area contributed by atoms with Crippen LogP contribution in [0.1, 0.15) is 25.3 Å². The molecule has 0 saturated carbocycles. The molecule has 1 aliphatic heterocycles. The number of benzene rings is 1. The van der Waals surface area contributed by atoms with E-state index in [0.717, 1.165) is 5.75 Å². The largest absolute Gasteiger partial charge is 0.486 e. The summed E-state index contributed by atoms with van der Waals surface area (Å²) in [6, 6.07) is 15.2. The fourth-order valence-corrected chi connectivity index (χ4v) is 3.29. The fraction of sp³-hybridized carbons (Fsp3) is 0.333. The van der Waals surface area contributed by atoms with E-state index in [-0.39, 0.29) is 23.8 Å². The van der Waals surface area contributed by atoms with Gasteiger partial charge in [0.2, 0.25) is 11.6 Å². The third kappa shape index (κ3) is 3.87. The molecule has 3 heterocycles. The van der Waals surface area contributed by atoms with E-state index in [2.05, 4.69) is 11.1 Å². The van der Waals surface area contributed by atoms with Crippen molar-refractivity contribution in [2.75, 3.05) is 18.0 Å². The maximum atomic E-state index is 9.48. The van der Waals surface area contributed by atoms with Gasteiger partial charge in [-0.15, -0.1) is 0 Å². The Bertz CT molecular complexity index is 963. The molecule has 0 radical (unpaired) electrons. The zero-order valence-corrected chi connectivity index (χ0v) is 15.8. The molecule has 1 fully saturated rings. The molecule has 1 aromatic carbocycles. The van der Waals surface area contributed by atoms with Crippen LogP contribution in [0.2, 0.25) is 0 Å². The molecule has 0 bridgehead atoms. The Morgan fingerprint density at radius 2 is 1.86 bits per heavy atom. The lowest BCUT2D eigenvalue weighted by molar-refractivity contribution is -0.00639. The van der Waals surface area contributed by atoms with Gasteiger partial charge in [0, 0.05) is 13.1 Å². The van der Waals surface area contributed by atoms with E-state index in [9.17, 15) is 5.26 Å². The Hall–Kier alpha value is -3.24. The number of rotatable bonds is 5. The van der Waals surface area contributed by atoms with Gasteiger partial charge in [0.1, 0.15) is 24.2 Å². The van der Waals surface area contributed by atoms with Crippen molar-refractivity contribution in [2.45, 2.75) is 32.7 Å². The van der Waals surface area contributed by atoms with Gasteiger partial charge in [-0.05, 0) is 38.1 Å². The predicted octanol–water partition coefficient (Wildman–Crippen LogP) is 4.00. The highest BCUT2D eigenvalue weighted by Crippen LogP contribution is 2.31. The van der Waals surface area contributed by atoms with E-state index in [1.807, 2.05) is 55.1 Å². The first-order valence-corrected chi connectivity index (χ1v) is 9.20. The number of ether oxygens (including phenoxy) is 2. The SMILES string of the molecule is C[C@@H]1CN(c2oc(-c3ccc(COc4ccccc4)o3)nc2C#N)C[C@@H](C)O1. The number of anilines is 1. The van der Waals surface area contributed by atoms with Crippen molar-refractivity contribution in [2.24, 2.45) is 0 Å². The molecule has 0 aliphatic carbocycles. The summed E-state index contributed by atoms with van der Waals surface area (Å²) in [6.07, 6.45) is 0.100. The number of furan rings is 1. The maximum Gasteiger partial charge on any atom is 0.266 e. The molecule has 4 rings (SSSR count). The Morgan fingerprint density at radius 1 is 1.11 bits per heavy atom. The van der Waals surface area contributed by atoms with Crippen LogP contribution in [0.3, 0.4) is 0 Å². The first-order chi connectivity index (χ1) is 13.6. The van der Waals surface area contributed by atoms with Crippen LogP contribution in [-0.2, 0) is 11.3 Å². The normalized spacial score (nSPS) is 19.4. The van der Waals surface area contributed by atoms with Gasteiger partial charge in [0.15, 0.2) is 5.76 Å². The van der Waals surface area contributed by atoms with E-state index in [1.165, 1.54) is 0 Å². The number of morpholine rings is 1. The average Bonchev–Trinajstić information content (AvgIpc) is 3.33. The lowest BCUT2D eigenvalue weighted by atomic mass is 10.2. The van der Waals surface area contributed by atoms with Crippen molar-refractivity contribution in [3.05, 3.63) is 53.9 Å². The Labute approximate surface area is 163 Å². The van der Waals surface area contributed by atoms with Gasteiger partial charge in [-0.25, -0.2) is 0 Å². The van der Waals surface area contributed by atoms with Gasteiger partial charge in [0.05, 0.1) is 12.2 Å². The Kier molecular flexibility index (Phi) is 5.04. The summed E-state index contributed by atoms with van der Waals surface area (Å²) in [4.78, 5) is 6.31. The number of oxazole rings is 1. The Balaban J connectivity index is 1.51. The van der Waals surface area contributed by atoms with E-state index in [1.54, 1.807) is 6.07 Å². The van der Waals surface area contributed by atoms with Crippen molar-refractivity contribution in [1.82, 2.24) is 4.98 Å². The smallest absolute Gasteiger partial charge is 0.266 e.